The monoisotopic (exact) mass is 336 g/mol. The molecule has 2 N–H and O–H groups in total. The maximum absolute atomic E-state index is 5.24. The minimum atomic E-state index is 0.670. The highest BCUT2D eigenvalue weighted by Crippen LogP contribution is 2.23. The number of aryl methyl sites for hydroxylation is 1. The first-order valence-corrected chi connectivity index (χ1v) is 7.84. The maximum atomic E-state index is 5.24. The van der Waals surface area contributed by atoms with E-state index >= 15 is 0 Å². The molecule has 3 rings (SSSR count). The molecule has 0 fully saturated rings. The lowest BCUT2D eigenvalue weighted by Crippen LogP contribution is -2.01. The Bertz CT molecular complexity index is 850. The molecule has 0 amide bonds. The van der Waals surface area contributed by atoms with Crippen LogP contribution in [0.3, 0.4) is 0 Å². The van der Waals surface area contributed by atoms with Crippen molar-refractivity contribution in [3.8, 4) is 11.5 Å². The lowest BCUT2D eigenvalue weighted by atomic mass is 10.3. The number of aromatic nitrogens is 2. The highest BCUT2D eigenvalue weighted by Gasteiger charge is 2.04. The molecule has 0 aliphatic rings. The van der Waals surface area contributed by atoms with E-state index < -0.39 is 0 Å². The van der Waals surface area contributed by atoms with E-state index in [0.717, 1.165) is 22.9 Å². The van der Waals surface area contributed by atoms with E-state index in [1.807, 2.05) is 61.5 Å². The van der Waals surface area contributed by atoms with Crippen LogP contribution in [0.1, 0.15) is 5.82 Å². The molecule has 0 saturated heterocycles. The molecule has 0 atom stereocenters. The molecular formula is C19H20N4O2. The van der Waals surface area contributed by atoms with Crippen molar-refractivity contribution in [1.29, 1.82) is 0 Å². The number of nitrogens with one attached hydrogen (secondary N) is 2. The van der Waals surface area contributed by atoms with E-state index in [2.05, 4.69) is 20.6 Å². The highest BCUT2D eigenvalue weighted by molar-refractivity contribution is 5.64. The molecule has 0 unspecified atom stereocenters. The third-order valence-corrected chi connectivity index (χ3v) is 3.54. The van der Waals surface area contributed by atoms with Gasteiger partial charge in [-0.15, -0.1) is 0 Å². The smallest absolute Gasteiger partial charge is 0.136 e. The Balaban J connectivity index is 1.79. The summed E-state index contributed by atoms with van der Waals surface area (Å²) in [6.07, 6.45) is 0. The van der Waals surface area contributed by atoms with Crippen molar-refractivity contribution in [2.75, 3.05) is 24.9 Å². The van der Waals surface area contributed by atoms with E-state index in [4.69, 9.17) is 9.47 Å². The molecule has 6 heteroatoms. The Morgan fingerprint density at radius 2 is 1.36 bits per heavy atom. The standard InChI is InChI=1S/C19H20N4O2/c1-13-20-18(22-14-7-9-16(24-2)10-8-14)12-19(21-13)23-15-5-4-6-17(11-15)25-3/h4-12H,1-3H3,(H2,20,21,22,23). The minimum Gasteiger partial charge on any atom is -0.497 e. The van der Waals surface area contributed by atoms with Gasteiger partial charge in [0.2, 0.25) is 0 Å². The first-order chi connectivity index (χ1) is 12.2. The largest absolute Gasteiger partial charge is 0.497 e. The topological polar surface area (TPSA) is 68.3 Å². The summed E-state index contributed by atoms with van der Waals surface area (Å²) in [6, 6.07) is 17.2. The number of benzene rings is 2. The molecule has 1 aromatic heterocycles. The van der Waals surface area contributed by atoms with Crippen LogP contribution in [0, 0.1) is 6.92 Å². The summed E-state index contributed by atoms with van der Waals surface area (Å²) in [5.74, 6) is 3.68. The number of ether oxygens (including phenoxy) is 2. The van der Waals surface area contributed by atoms with Crippen molar-refractivity contribution >= 4 is 23.0 Å². The van der Waals surface area contributed by atoms with Crippen molar-refractivity contribution in [2.45, 2.75) is 6.92 Å². The second-order valence-electron chi connectivity index (χ2n) is 5.40. The average molecular weight is 336 g/mol. The molecule has 25 heavy (non-hydrogen) atoms. The van der Waals surface area contributed by atoms with Crippen LogP contribution in [-0.2, 0) is 0 Å². The number of rotatable bonds is 6. The Labute approximate surface area is 146 Å². The quantitative estimate of drug-likeness (QED) is 0.700. The van der Waals surface area contributed by atoms with Crippen molar-refractivity contribution in [3.63, 3.8) is 0 Å². The van der Waals surface area contributed by atoms with Crippen molar-refractivity contribution in [2.24, 2.45) is 0 Å². The van der Waals surface area contributed by atoms with Gasteiger partial charge in [0.15, 0.2) is 0 Å². The molecule has 0 saturated carbocycles. The predicted octanol–water partition coefficient (Wildman–Crippen LogP) is 4.29. The zero-order chi connectivity index (χ0) is 17.6. The van der Waals surface area contributed by atoms with Gasteiger partial charge in [0, 0.05) is 23.5 Å². The van der Waals surface area contributed by atoms with Crippen LogP contribution < -0.4 is 20.1 Å². The van der Waals surface area contributed by atoms with Crippen LogP contribution >= 0.6 is 0 Å². The molecule has 2 aromatic carbocycles. The molecule has 0 aliphatic carbocycles. The second-order valence-corrected chi connectivity index (χ2v) is 5.40. The SMILES string of the molecule is COc1ccc(Nc2cc(Nc3cccc(OC)c3)nc(C)n2)cc1. The van der Waals surface area contributed by atoms with Crippen molar-refractivity contribution in [3.05, 3.63) is 60.4 Å². The summed E-state index contributed by atoms with van der Waals surface area (Å²) >= 11 is 0. The molecule has 0 spiro atoms. The third-order valence-electron chi connectivity index (χ3n) is 3.54. The van der Waals surface area contributed by atoms with Gasteiger partial charge in [-0.3, -0.25) is 0 Å². The Morgan fingerprint density at radius 3 is 2.00 bits per heavy atom. The summed E-state index contributed by atoms with van der Waals surface area (Å²) in [4.78, 5) is 8.86. The average Bonchev–Trinajstić information content (AvgIpc) is 2.62. The van der Waals surface area contributed by atoms with Gasteiger partial charge in [-0.05, 0) is 43.3 Å². The van der Waals surface area contributed by atoms with Gasteiger partial charge >= 0.3 is 0 Å². The predicted molar refractivity (Wildman–Crippen MR) is 99.3 cm³/mol. The summed E-state index contributed by atoms with van der Waals surface area (Å²) < 4.78 is 10.4. The number of anilines is 4. The molecule has 6 nitrogen and oxygen atoms in total. The Morgan fingerprint density at radius 1 is 0.720 bits per heavy atom. The summed E-state index contributed by atoms with van der Waals surface area (Å²) in [5.41, 5.74) is 1.82. The third kappa shape index (κ3) is 4.38. The van der Waals surface area contributed by atoms with Gasteiger partial charge in [-0.25, -0.2) is 9.97 Å². The molecular weight excluding hydrogens is 316 g/mol. The van der Waals surface area contributed by atoms with E-state index in [-0.39, 0.29) is 0 Å². The minimum absolute atomic E-state index is 0.670. The van der Waals surface area contributed by atoms with Crippen LogP contribution in [0.5, 0.6) is 11.5 Å². The summed E-state index contributed by atoms with van der Waals surface area (Å²) in [7, 11) is 3.29. The normalized spacial score (nSPS) is 10.2. The van der Waals surface area contributed by atoms with Crippen molar-refractivity contribution in [1.82, 2.24) is 9.97 Å². The van der Waals surface area contributed by atoms with E-state index in [9.17, 15) is 0 Å². The molecule has 0 bridgehead atoms. The van der Waals surface area contributed by atoms with Gasteiger partial charge in [0.1, 0.15) is 29.0 Å². The molecule has 3 aromatic rings. The number of hydrogen-bond acceptors (Lipinski definition) is 6. The van der Waals surface area contributed by atoms with Gasteiger partial charge in [0.25, 0.3) is 0 Å². The fraction of sp³-hybridized carbons (Fsp3) is 0.158. The van der Waals surface area contributed by atoms with Crippen molar-refractivity contribution < 1.29 is 9.47 Å². The Hall–Kier alpha value is -3.28. The summed E-state index contributed by atoms with van der Waals surface area (Å²) in [5, 5.41) is 6.55. The van der Waals surface area contributed by atoms with Gasteiger partial charge in [0.05, 0.1) is 14.2 Å². The number of hydrogen-bond donors (Lipinski definition) is 2. The molecule has 1 heterocycles. The lowest BCUT2D eigenvalue weighted by molar-refractivity contribution is 0.415. The van der Waals surface area contributed by atoms with Gasteiger partial charge in [-0.2, -0.15) is 0 Å². The van der Waals surface area contributed by atoms with Gasteiger partial charge in [-0.1, -0.05) is 6.07 Å². The number of methoxy groups -OCH3 is 2. The zero-order valence-electron chi connectivity index (χ0n) is 14.4. The van der Waals surface area contributed by atoms with Crippen LogP contribution in [0.15, 0.2) is 54.6 Å². The second kappa shape index (κ2) is 7.53. The van der Waals surface area contributed by atoms with E-state index in [0.29, 0.717) is 17.5 Å². The maximum Gasteiger partial charge on any atom is 0.136 e. The molecule has 0 radical (unpaired) electrons. The van der Waals surface area contributed by atoms with Gasteiger partial charge < -0.3 is 20.1 Å². The highest BCUT2D eigenvalue weighted by atomic mass is 16.5. The van der Waals surface area contributed by atoms with E-state index in [1.54, 1.807) is 14.2 Å². The van der Waals surface area contributed by atoms with Crippen LogP contribution in [0.25, 0.3) is 0 Å². The van der Waals surface area contributed by atoms with E-state index in [1.165, 1.54) is 0 Å². The van der Waals surface area contributed by atoms with Crippen LogP contribution in [0.2, 0.25) is 0 Å². The fourth-order valence-corrected chi connectivity index (χ4v) is 2.37. The zero-order valence-corrected chi connectivity index (χ0v) is 14.4. The fourth-order valence-electron chi connectivity index (χ4n) is 2.37. The Kier molecular flexibility index (Phi) is 4.99. The lowest BCUT2D eigenvalue weighted by Gasteiger charge is -2.11. The molecule has 128 valence electrons. The van der Waals surface area contributed by atoms with Crippen LogP contribution in [-0.4, -0.2) is 24.2 Å². The molecule has 0 aliphatic heterocycles. The first-order valence-electron chi connectivity index (χ1n) is 7.84. The number of nitrogens with zero attached hydrogens (tertiary/aromatic N) is 2. The summed E-state index contributed by atoms with van der Waals surface area (Å²) in [6.45, 7) is 1.86. The van der Waals surface area contributed by atoms with Crippen LogP contribution in [0.4, 0.5) is 23.0 Å². The first kappa shape index (κ1) is 16.6.